The van der Waals surface area contributed by atoms with Crippen LogP contribution in [0.3, 0.4) is 0 Å². The summed E-state index contributed by atoms with van der Waals surface area (Å²) in [5.74, 6) is 0.881. The van der Waals surface area contributed by atoms with Gasteiger partial charge >= 0.3 is 6.03 Å². The quantitative estimate of drug-likeness (QED) is 0.906. The number of rotatable bonds is 3. The average molecular weight is 357 g/mol. The van der Waals surface area contributed by atoms with E-state index in [2.05, 4.69) is 15.5 Å². The largest absolute Gasteiger partial charge is 0.337 e. The number of hydrogen-bond acceptors (Lipinski definition) is 5. The molecule has 1 N–H and O–H groups in total. The zero-order valence-corrected chi connectivity index (χ0v) is 15.0. The minimum absolute atomic E-state index is 0.0719. The van der Waals surface area contributed by atoms with Gasteiger partial charge in [-0.3, -0.25) is 4.79 Å². The topological polar surface area (TPSA) is 91.6 Å². The maximum Gasteiger partial charge on any atom is 0.317 e. The monoisotopic (exact) mass is 357 g/mol. The van der Waals surface area contributed by atoms with Gasteiger partial charge in [0.05, 0.1) is 0 Å². The van der Waals surface area contributed by atoms with Gasteiger partial charge in [-0.25, -0.2) is 4.79 Å². The number of nitrogens with one attached hydrogen (secondary N) is 1. The van der Waals surface area contributed by atoms with E-state index in [0.717, 1.165) is 5.56 Å². The Morgan fingerprint density at radius 1 is 1.23 bits per heavy atom. The third-order valence-corrected chi connectivity index (χ3v) is 4.47. The first-order valence-electron chi connectivity index (χ1n) is 8.68. The van der Waals surface area contributed by atoms with Crippen molar-refractivity contribution in [3.63, 3.8) is 0 Å². The van der Waals surface area contributed by atoms with Crippen molar-refractivity contribution in [3.8, 4) is 0 Å². The molecule has 0 radical (unpaired) electrons. The summed E-state index contributed by atoms with van der Waals surface area (Å²) < 4.78 is 5.27. The Bertz CT molecular complexity index is 761. The molecule has 26 heavy (non-hydrogen) atoms. The molecule has 1 fully saturated rings. The number of aromatic nitrogens is 2. The first-order valence-corrected chi connectivity index (χ1v) is 8.68. The molecule has 0 aliphatic carbocycles. The number of carbonyl (C=O) groups excluding carboxylic acids is 2. The molecule has 0 spiro atoms. The molecule has 0 saturated carbocycles. The Balaban J connectivity index is 1.64. The van der Waals surface area contributed by atoms with E-state index in [1.807, 2.05) is 30.3 Å². The van der Waals surface area contributed by atoms with Gasteiger partial charge in [0, 0.05) is 33.1 Å². The van der Waals surface area contributed by atoms with E-state index in [1.165, 1.54) is 6.92 Å². The van der Waals surface area contributed by atoms with Crippen molar-refractivity contribution in [3.05, 3.63) is 47.6 Å². The van der Waals surface area contributed by atoms with E-state index in [0.29, 0.717) is 44.3 Å². The highest BCUT2D eigenvalue weighted by atomic mass is 16.5. The van der Waals surface area contributed by atoms with Crippen LogP contribution in [0.4, 0.5) is 4.79 Å². The zero-order chi connectivity index (χ0) is 18.5. The molecular formula is C18H23N5O3. The van der Waals surface area contributed by atoms with Gasteiger partial charge in [-0.15, -0.1) is 0 Å². The number of carbonyl (C=O) groups is 2. The summed E-state index contributed by atoms with van der Waals surface area (Å²) in [4.78, 5) is 32.2. The molecule has 1 aliphatic heterocycles. The van der Waals surface area contributed by atoms with Crippen LogP contribution in [0.25, 0.3) is 0 Å². The number of amides is 3. The van der Waals surface area contributed by atoms with Gasteiger partial charge in [-0.2, -0.15) is 4.98 Å². The molecule has 1 saturated heterocycles. The molecule has 1 atom stereocenters. The van der Waals surface area contributed by atoms with Crippen molar-refractivity contribution < 1.29 is 14.1 Å². The van der Waals surface area contributed by atoms with E-state index in [9.17, 15) is 9.59 Å². The van der Waals surface area contributed by atoms with Crippen molar-refractivity contribution >= 4 is 11.9 Å². The predicted molar refractivity (Wildman–Crippen MR) is 94.0 cm³/mol. The fraction of sp³-hybridized carbons (Fsp3) is 0.444. The van der Waals surface area contributed by atoms with Crippen molar-refractivity contribution in [1.82, 2.24) is 25.3 Å². The van der Waals surface area contributed by atoms with Crippen molar-refractivity contribution in [2.45, 2.75) is 32.9 Å². The minimum atomic E-state index is -0.305. The number of hydrogen-bond donors (Lipinski definition) is 1. The smallest absolute Gasteiger partial charge is 0.317 e. The number of urea groups is 1. The lowest BCUT2D eigenvalue weighted by molar-refractivity contribution is -0.131. The highest BCUT2D eigenvalue weighted by Gasteiger charge is 2.32. The summed E-state index contributed by atoms with van der Waals surface area (Å²) in [6.07, 6.45) is 0.556. The van der Waals surface area contributed by atoms with Gasteiger partial charge in [0.15, 0.2) is 5.82 Å². The lowest BCUT2D eigenvalue weighted by Crippen LogP contribution is -2.42. The zero-order valence-electron chi connectivity index (χ0n) is 15.0. The summed E-state index contributed by atoms with van der Waals surface area (Å²) in [6.45, 7) is 5.13. The second kappa shape index (κ2) is 7.99. The van der Waals surface area contributed by atoms with Gasteiger partial charge in [0.25, 0.3) is 0 Å². The molecule has 138 valence electrons. The maximum atomic E-state index is 12.5. The van der Waals surface area contributed by atoms with Gasteiger partial charge in [-0.05, 0) is 18.9 Å². The van der Waals surface area contributed by atoms with Gasteiger partial charge < -0.3 is 19.6 Å². The Labute approximate surface area is 152 Å². The second-order valence-corrected chi connectivity index (χ2v) is 6.33. The Hall–Kier alpha value is -2.90. The Morgan fingerprint density at radius 2 is 2.00 bits per heavy atom. The van der Waals surface area contributed by atoms with E-state index in [1.54, 1.807) is 16.7 Å². The van der Waals surface area contributed by atoms with Crippen LogP contribution in [0.1, 0.15) is 36.7 Å². The Kier molecular flexibility index (Phi) is 5.50. The predicted octanol–water partition coefficient (Wildman–Crippen LogP) is 1.88. The molecule has 0 bridgehead atoms. The van der Waals surface area contributed by atoms with E-state index >= 15 is 0 Å². The molecule has 8 nitrogen and oxygen atoms in total. The third-order valence-electron chi connectivity index (χ3n) is 4.47. The minimum Gasteiger partial charge on any atom is -0.337 e. The average Bonchev–Trinajstić information content (AvgIpc) is 2.94. The molecule has 2 heterocycles. The molecule has 3 rings (SSSR count). The molecule has 1 unspecified atom stereocenters. The SMILES string of the molecule is CC(=O)N1CCN(C(=O)NCc2ccccc2)CCC1c1nc(C)no1. The summed E-state index contributed by atoms with van der Waals surface area (Å²) in [5, 5.41) is 6.75. The summed E-state index contributed by atoms with van der Waals surface area (Å²) in [6, 6.07) is 9.31. The van der Waals surface area contributed by atoms with Gasteiger partial charge in [0.1, 0.15) is 6.04 Å². The second-order valence-electron chi connectivity index (χ2n) is 6.33. The fourth-order valence-electron chi connectivity index (χ4n) is 3.10. The third kappa shape index (κ3) is 4.19. The fourth-order valence-corrected chi connectivity index (χ4v) is 3.10. The van der Waals surface area contributed by atoms with Crippen LogP contribution >= 0.6 is 0 Å². The van der Waals surface area contributed by atoms with Crippen LogP contribution in [0.5, 0.6) is 0 Å². The van der Waals surface area contributed by atoms with E-state index in [-0.39, 0.29) is 18.0 Å². The summed E-state index contributed by atoms with van der Waals surface area (Å²) in [7, 11) is 0. The molecule has 3 amide bonds. The van der Waals surface area contributed by atoms with Crippen LogP contribution in [-0.2, 0) is 11.3 Å². The molecule has 1 aromatic heterocycles. The van der Waals surface area contributed by atoms with Crippen molar-refractivity contribution in [1.29, 1.82) is 0 Å². The lowest BCUT2D eigenvalue weighted by atomic mass is 10.1. The highest BCUT2D eigenvalue weighted by molar-refractivity contribution is 5.75. The first kappa shape index (κ1) is 17.9. The normalized spacial score (nSPS) is 17.7. The Morgan fingerprint density at radius 3 is 2.65 bits per heavy atom. The molecule has 8 heteroatoms. The van der Waals surface area contributed by atoms with Crippen LogP contribution in [0.15, 0.2) is 34.9 Å². The lowest BCUT2D eigenvalue weighted by Gasteiger charge is -2.25. The molecule has 1 aliphatic rings. The van der Waals surface area contributed by atoms with Crippen LogP contribution in [-0.4, -0.2) is 51.5 Å². The molecule has 2 aromatic rings. The number of nitrogens with zero attached hydrogens (tertiary/aromatic N) is 4. The van der Waals surface area contributed by atoms with Crippen LogP contribution in [0, 0.1) is 6.92 Å². The van der Waals surface area contributed by atoms with Crippen LogP contribution in [0.2, 0.25) is 0 Å². The summed E-state index contributed by atoms with van der Waals surface area (Å²) in [5.41, 5.74) is 1.04. The number of aryl methyl sites for hydroxylation is 1. The van der Waals surface area contributed by atoms with Gasteiger partial charge in [0.2, 0.25) is 11.8 Å². The molecular weight excluding hydrogens is 334 g/mol. The standard InChI is InChI=1S/C18H23N5O3/c1-13-20-17(26-21-13)16-8-9-22(10-11-23(16)14(2)24)18(25)19-12-15-6-4-3-5-7-15/h3-7,16H,8-12H2,1-2H3,(H,19,25). The summed E-state index contributed by atoms with van der Waals surface area (Å²) >= 11 is 0. The first-order chi connectivity index (χ1) is 12.5. The van der Waals surface area contributed by atoms with E-state index < -0.39 is 0 Å². The maximum absolute atomic E-state index is 12.5. The molecule has 1 aromatic carbocycles. The number of benzene rings is 1. The highest BCUT2D eigenvalue weighted by Crippen LogP contribution is 2.26. The van der Waals surface area contributed by atoms with Crippen molar-refractivity contribution in [2.24, 2.45) is 0 Å². The van der Waals surface area contributed by atoms with Crippen molar-refractivity contribution in [2.75, 3.05) is 19.6 Å². The van der Waals surface area contributed by atoms with Crippen LogP contribution < -0.4 is 5.32 Å². The van der Waals surface area contributed by atoms with Gasteiger partial charge in [-0.1, -0.05) is 35.5 Å². The van der Waals surface area contributed by atoms with E-state index in [4.69, 9.17) is 4.52 Å².